The largest absolute Gasteiger partial charge is 0.306 e. The maximum atomic E-state index is 2.43. The maximum Gasteiger partial charge on any atom is 0.0703 e. The van der Waals surface area contributed by atoms with Gasteiger partial charge in [-0.05, 0) is 115 Å². The fourth-order valence-corrected chi connectivity index (χ4v) is 7.85. The number of hydrogen-bond acceptors (Lipinski definition) is 2. The van der Waals surface area contributed by atoms with Crippen LogP contribution in [0.1, 0.15) is 0 Å². The van der Waals surface area contributed by atoms with Crippen LogP contribution in [0.4, 0.5) is 34.1 Å². The molecular formula is C48H32N2. The van der Waals surface area contributed by atoms with Gasteiger partial charge in [0.05, 0.1) is 22.7 Å². The van der Waals surface area contributed by atoms with Gasteiger partial charge >= 0.3 is 0 Å². The predicted octanol–water partition coefficient (Wildman–Crippen LogP) is 13.7. The van der Waals surface area contributed by atoms with E-state index in [9.17, 15) is 0 Å². The van der Waals surface area contributed by atoms with Crippen molar-refractivity contribution in [3.8, 4) is 22.3 Å². The minimum Gasteiger partial charge on any atom is -0.306 e. The van der Waals surface area contributed by atoms with Crippen molar-refractivity contribution < 1.29 is 0 Å². The molecule has 0 aliphatic carbocycles. The Hall–Kier alpha value is -6.64. The summed E-state index contributed by atoms with van der Waals surface area (Å²) in [6.07, 6.45) is 0. The molecule has 0 unspecified atom stereocenters. The molecule has 0 saturated carbocycles. The van der Waals surface area contributed by atoms with E-state index >= 15 is 0 Å². The van der Waals surface area contributed by atoms with Crippen LogP contribution in [0.3, 0.4) is 0 Å². The molecule has 0 atom stereocenters. The van der Waals surface area contributed by atoms with E-state index in [-0.39, 0.29) is 0 Å². The van der Waals surface area contributed by atoms with E-state index in [0.29, 0.717) is 0 Å². The van der Waals surface area contributed by atoms with Crippen molar-refractivity contribution in [2.45, 2.75) is 0 Å². The fourth-order valence-electron chi connectivity index (χ4n) is 7.85. The summed E-state index contributed by atoms with van der Waals surface area (Å²) in [6, 6.07) is 70.5. The molecular weight excluding hydrogens is 605 g/mol. The number of fused-ring (bicyclic) bond motifs is 8. The second-order valence-electron chi connectivity index (χ2n) is 13.0. The molecule has 1 aliphatic rings. The van der Waals surface area contributed by atoms with Gasteiger partial charge in [-0.25, -0.2) is 0 Å². The summed E-state index contributed by atoms with van der Waals surface area (Å²) in [5.41, 5.74) is 11.8. The van der Waals surface area contributed by atoms with Crippen LogP contribution in [-0.2, 0) is 0 Å². The maximum absolute atomic E-state index is 2.43. The quantitative estimate of drug-likeness (QED) is 0.177. The van der Waals surface area contributed by atoms with Crippen LogP contribution in [-0.4, -0.2) is 0 Å². The lowest BCUT2D eigenvalue weighted by molar-refractivity contribution is 1.17. The highest BCUT2D eigenvalue weighted by Crippen LogP contribution is 2.54. The van der Waals surface area contributed by atoms with Crippen LogP contribution in [0.5, 0.6) is 0 Å². The lowest BCUT2D eigenvalue weighted by Gasteiger charge is -2.40. The molecule has 2 nitrogen and oxygen atoms in total. The Morgan fingerprint density at radius 1 is 0.220 bits per heavy atom. The molecule has 0 radical (unpaired) electrons. The molecule has 0 aromatic heterocycles. The summed E-state index contributed by atoms with van der Waals surface area (Å²) in [7, 11) is 0. The van der Waals surface area contributed by atoms with E-state index in [1.807, 2.05) is 0 Å². The minimum atomic E-state index is 1.14. The molecule has 0 spiro atoms. The molecule has 9 aromatic rings. The molecule has 0 bridgehead atoms. The van der Waals surface area contributed by atoms with Crippen molar-refractivity contribution >= 4 is 66.4 Å². The lowest BCUT2D eigenvalue weighted by Crippen LogP contribution is -2.23. The summed E-state index contributed by atoms with van der Waals surface area (Å²) < 4.78 is 0. The topological polar surface area (TPSA) is 6.48 Å². The molecule has 0 amide bonds. The van der Waals surface area contributed by atoms with Gasteiger partial charge in [-0.3, -0.25) is 0 Å². The molecule has 10 rings (SSSR count). The number of para-hydroxylation sites is 5. The lowest BCUT2D eigenvalue weighted by atomic mass is 9.91. The fraction of sp³-hybridized carbons (Fsp3) is 0. The number of rotatable bonds is 4. The predicted molar refractivity (Wildman–Crippen MR) is 213 cm³/mol. The molecule has 0 N–H and O–H groups in total. The van der Waals surface area contributed by atoms with Crippen molar-refractivity contribution in [3.05, 3.63) is 194 Å². The number of hydrogen-bond donors (Lipinski definition) is 0. The highest BCUT2D eigenvalue weighted by molar-refractivity contribution is 6.26. The minimum absolute atomic E-state index is 1.14. The van der Waals surface area contributed by atoms with Crippen molar-refractivity contribution in [2.75, 3.05) is 9.80 Å². The monoisotopic (exact) mass is 636 g/mol. The Morgan fingerprint density at radius 3 is 1.26 bits per heavy atom. The van der Waals surface area contributed by atoms with Gasteiger partial charge in [0.1, 0.15) is 0 Å². The Kier molecular flexibility index (Phi) is 6.53. The highest BCUT2D eigenvalue weighted by atomic mass is 15.3. The molecule has 0 saturated heterocycles. The summed E-state index contributed by atoms with van der Waals surface area (Å²) in [5.74, 6) is 0. The van der Waals surface area contributed by atoms with E-state index in [1.165, 1.54) is 54.6 Å². The third-order valence-electron chi connectivity index (χ3n) is 10.1. The molecule has 2 heteroatoms. The smallest absolute Gasteiger partial charge is 0.0703 e. The number of nitrogens with zero attached hydrogens (tertiary/aromatic N) is 2. The average molecular weight is 637 g/mol. The Balaban J connectivity index is 1.20. The third-order valence-corrected chi connectivity index (χ3v) is 10.1. The summed E-state index contributed by atoms with van der Waals surface area (Å²) in [4.78, 5) is 4.80. The van der Waals surface area contributed by atoms with Gasteiger partial charge in [0, 0.05) is 11.4 Å². The molecule has 0 fully saturated rings. The molecule has 50 heavy (non-hydrogen) atoms. The van der Waals surface area contributed by atoms with Crippen LogP contribution in [0.15, 0.2) is 194 Å². The average Bonchev–Trinajstić information content (AvgIpc) is 3.20. The highest BCUT2D eigenvalue weighted by Gasteiger charge is 2.30. The SMILES string of the molecule is c1ccc(-c2cccc(-c3ccc4c5ccccc5c5ccc(N6c7ccccc7N(c7ccccc7)c7ccccc76)cc5c4c3)c2)cc1. The van der Waals surface area contributed by atoms with Gasteiger partial charge in [0.2, 0.25) is 0 Å². The van der Waals surface area contributed by atoms with Gasteiger partial charge in [-0.2, -0.15) is 0 Å². The van der Waals surface area contributed by atoms with Crippen molar-refractivity contribution in [1.82, 2.24) is 0 Å². The van der Waals surface area contributed by atoms with Crippen molar-refractivity contribution in [3.63, 3.8) is 0 Å². The van der Waals surface area contributed by atoms with Crippen molar-refractivity contribution in [2.24, 2.45) is 0 Å². The first-order valence-electron chi connectivity index (χ1n) is 17.2. The first kappa shape index (κ1) is 28.4. The van der Waals surface area contributed by atoms with Gasteiger partial charge in [-0.15, -0.1) is 0 Å². The van der Waals surface area contributed by atoms with E-state index in [0.717, 1.165) is 34.1 Å². The standard InChI is InChI=1S/C48H32N2/c1-3-14-33(15-4-1)34-16-13-17-35(30-34)36-26-28-41-39-20-7-8-21-40(39)42-29-27-38(32-44(42)43(41)31-36)50-47-24-11-9-22-45(47)49(37-18-5-2-6-19-37)46-23-10-12-25-48(46)50/h1-32H. The summed E-state index contributed by atoms with van der Waals surface area (Å²) in [5, 5.41) is 7.58. The normalized spacial score (nSPS) is 12.3. The zero-order valence-electron chi connectivity index (χ0n) is 27.4. The van der Waals surface area contributed by atoms with Crippen LogP contribution >= 0.6 is 0 Å². The number of benzene rings is 9. The van der Waals surface area contributed by atoms with Gasteiger partial charge < -0.3 is 9.80 Å². The Morgan fingerprint density at radius 2 is 0.640 bits per heavy atom. The van der Waals surface area contributed by atoms with Gasteiger partial charge in [0.15, 0.2) is 0 Å². The second-order valence-corrected chi connectivity index (χ2v) is 13.0. The summed E-state index contributed by atoms with van der Waals surface area (Å²) >= 11 is 0. The molecule has 1 heterocycles. The molecule has 1 aliphatic heterocycles. The van der Waals surface area contributed by atoms with E-state index in [1.54, 1.807) is 0 Å². The second kappa shape index (κ2) is 11.5. The van der Waals surface area contributed by atoms with Crippen LogP contribution in [0, 0.1) is 0 Å². The zero-order chi connectivity index (χ0) is 33.0. The van der Waals surface area contributed by atoms with Crippen molar-refractivity contribution in [1.29, 1.82) is 0 Å². The van der Waals surface area contributed by atoms with Crippen LogP contribution in [0.25, 0.3) is 54.6 Å². The Labute approximate surface area is 291 Å². The Bertz CT molecular complexity index is 2670. The first-order valence-corrected chi connectivity index (χ1v) is 17.2. The number of anilines is 6. The zero-order valence-corrected chi connectivity index (χ0v) is 27.4. The van der Waals surface area contributed by atoms with Crippen LogP contribution < -0.4 is 9.80 Å². The van der Waals surface area contributed by atoms with Gasteiger partial charge in [-0.1, -0.05) is 133 Å². The van der Waals surface area contributed by atoms with E-state index < -0.39 is 0 Å². The summed E-state index contributed by atoms with van der Waals surface area (Å²) in [6.45, 7) is 0. The third kappa shape index (κ3) is 4.50. The first-order chi connectivity index (χ1) is 24.8. The van der Waals surface area contributed by atoms with E-state index in [2.05, 4.69) is 204 Å². The van der Waals surface area contributed by atoms with Gasteiger partial charge in [0.25, 0.3) is 0 Å². The van der Waals surface area contributed by atoms with E-state index in [4.69, 9.17) is 0 Å². The molecule has 234 valence electrons. The molecule has 9 aromatic carbocycles. The van der Waals surface area contributed by atoms with Crippen LogP contribution in [0.2, 0.25) is 0 Å².